The monoisotopic (exact) mass is 568 g/mol. The summed E-state index contributed by atoms with van der Waals surface area (Å²) >= 11 is 1.29. The molecule has 1 saturated carbocycles. The van der Waals surface area contributed by atoms with Gasteiger partial charge in [0.1, 0.15) is 16.2 Å². The molecular formula is C27H32N6O4S2. The number of hydrogen-bond acceptors (Lipinski definition) is 8. The summed E-state index contributed by atoms with van der Waals surface area (Å²) in [4.78, 5) is 30.5. The summed E-state index contributed by atoms with van der Waals surface area (Å²) in [5.74, 6) is 0.911. The van der Waals surface area contributed by atoms with Gasteiger partial charge in [0.05, 0.1) is 24.0 Å². The molecule has 3 heterocycles. The van der Waals surface area contributed by atoms with Gasteiger partial charge in [-0.15, -0.1) is 0 Å². The Bertz CT molecular complexity index is 1530. The van der Waals surface area contributed by atoms with Crippen LogP contribution in [0.25, 0.3) is 10.3 Å². The molecule has 2 atom stereocenters. The van der Waals surface area contributed by atoms with Gasteiger partial charge in [-0.25, -0.2) is 23.4 Å². The summed E-state index contributed by atoms with van der Waals surface area (Å²) < 4.78 is 33.1. The highest BCUT2D eigenvalue weighted by Crippen LogP contribution is 2.36. The van der Waals surface area contributed by atoms with Crippen molar-refractivity contribution in [2.45, 2.75) is 55.9 Å². The quantitative estimate of drug-likeness (QED) is 0.272. The standard InChI is InChI=1S/C27H32N6O4S2/c1-17(24-28-14-15-29-24)33(2)39(35,36)20-10-8-19(9-11-20)21(16-18-6-4-5-7-18)25(34)32-27-30-22-12-13-23(37-3)31-26(22)38-27/h8-15,17-18,21H,4-7,16H2,1-3H3,(H,28,29)(H,30,32,34). The zero-order valence-corrected chi connectivity index (χ0v) is 23.8. The van der Waals surface area contributed by atoms with Crippen molar-refractivity contribution in [3.63, 3.8) is 0 Å². The highest BCUT2D eigenvalue weighted by Gasteiger charge is 2.30. The van der Waals surface area contributed by atoms with Crippen LogP contribution in [0.5, 0.6) is 5.88 Å². The molecule has 206 valence electrons. The summed E-state index contributed by atoms with van der Waals surface area (Å²) in [5, 5.41) is 3.46. The van der Waals surface area contributed by atoms with Crippen molar-refractivity contribution in [1.82, 2.24) is 24.2 Å². The molecule has 0 radical (unpaired) electrons. The number of H-pyrrole nitrogens is 1. The summed E-state index contributed by atoms with van der Waals surface area (Å²) in [6, 6.07) is 9.75. The number of aromatic amines is 1. The van der Waals surface area contributed by atoms with Crippen molar-refractivity contribution in [3.05, 3.63) is 60.2 Å². The largest absolute Gasteiger partial charge is 0.481 e. The van der Waals surface area contributed by atoms with Crippen molar-refractivity contribution in [3.8, 4) is 5.88 Å². The molecule has 12 heteroatoms. The van der Waals surface area contributed by atoms with Crippen LogP contribution in [0.1, 0.15) is 62.4 Å². The van der Waals surface area contributed by atoms with E-state index in [1.54, 1.807) is 56.8 Å². The summed E-state index contributed by atoms with van der Waals surface area (Å²) in [7, 11) is -0.679. The van der Waals surface area contributed by atoms with Gasteiger partial charge in [0.2, 0.25) is 21.8 Å². The van der Waals surface area contributed by atoms with Crippen LogP contribution in [0, 0.1) is 5.92 Å². The first-order valence-electron chi connectivity index (χ1n) is 13.0. The number of nitrogens with one attached hydrogen (secondary N) is 2. The van der Waals surface area contributed by atoms with Gasteiger partial charge in [-0.05, 0) is 43.0 Å². The van der Waals surface area contributed by atoms with Crippen LogP contribution in [-0.4, -0.2) is 52.7 Å². The smallest absolute Gasteiger partial charge is 0.243 e. The molecule has 2 N–H and O–H groups in total. The van der Waals surface area contributed by atoms with Gasteiger partial charge in [0.25, 0.3) is 0 Å². The van der Waals surface area contributed by atoms with E-state index in [9.17, 15) is 13.2 Å². The van der Waals surface area contributed by atoms with Crippen LogP contribution in [0.2, 0.25) is 0 Å². The summed E-state index contributed by atoms with van der Waals surface area (Å²) in [5.41, 5.74) is 1.46. The zero-order chi connectivity index (χ0) is 27.6. The minimum absolute atomic E-state index is 0.160. The number of anilines is 1. The van der Waals surface area contributed by atoms with Gasteiger partial charge in [-0.2, -0.15) is 4.31 Å². The Labute approximate surface area is 231 Å². The number of fused-ring (bicyclic) bond motifs is 1. The number of amides is 1. The maximum Gasteiger partial charge on any atom is 0.243 e. The normalized spacial score (nSPS) is 16.0. The third-order valence-corrected chi connectivity index (χ3v) is 10.3. The number of hydrogen-bond donors (Lipinski definition) is 2. The number of nitrogens with zero attached hydrogens (tertiary/aromatic N) is 4. The second-order valence-corrected chi connectivity index (χ2v) is 12.8. The van der Waals surface area contributed by atoms with E-state index in [2.05, 4.69) is 25.3 Å². The summed E-state index contributed by atoms with van der Waals surface area (Å²) in [6.07, 6.45) is 8.48. The first-order valence-corrected chi connectivity index (χ1v) is 15.2. The second-order valence-electron chi connectivity index (χ2n) is 9.87. The number of ether oxygens (including phenoxy) is 1. The Balaban J connectivity index is 1.37. The van der Waals surface area contributed by atoms with Crippen molar-refractivity contribution in [2.75, 3.05) is 19.5 Å². The number of methoxy groups -OCH3 is 1. The molecule has 10 nitrogen and oxygen atoms in total. The predicted octanol–water partition coefficient (Wildman–Crippen LogP) is 5.11. The number of imidazole rings is 1. The number of rotatable bonds is 10. The average Bonchev–Trinajstić information content (AvgIpc) is 3.72. The molecule has 1 aliphatic rings. The fourth-order valence-corrected chi connectivity index (χ4v) is 7.22. The highest BCUT2D eigenvalue weighted by atomic mass is 32.2. The Kier molecular flexibility index (Phi) is 7.96. The van der Waals surface area contributed by atoms with Gasteiger partial charge >= 0.3 is 0 Å². The predicted molar refractivity (Wildman–Crippen MR) is 150 cm³/mol. The number of aromatic nitrogens is 4. The van der Waals surface area contributed by atoms with E-state index in [1.807, 2.05) is 6.07 Å². The van der Waals surface area contributed by atoms with E-state index in [4.69, 9.17) is 4.74 Å². The lowest BCUT2D eigenvalue weighted by atomic mass is 9.87. The maximum atomic E-state index is 13.6. The lowest BCUT2D eigenvalue weighted by Gasteiger charge is -2.23. The molecule has 1 fully saturated rings. The molecule has 1 amide bonds. The second kappa shape index (κ2) is 11.4. The third-order valence-electron chi connectivity index (χ3n) is 7.45. The lowest BCUT2D eigenvalue weighted by molar-refractivity contribution is -0.118. The molecule has 3 aromatic heterocycles. The molecule has 5 rings (SSSR count). The summed E-state index contributed by atoms with van der Waals surface area (Å²) in [6.45, 7) is 1.78. The van der Waals surface area contributed by atoms with Gasteiger partial charge in [0, 0.05) is 25.5 Å². The average molecular weight is 569 g/mol. The van der Waals surface area contributed by atoms with E-state index >= 15 is 0 Å². The topological polar surface area (TPSA) is 130 Å². The van der Waals surface area contributed by atoms with Gasteiger partial charge < -0.3 is 15.0 Å². The van der Waals surface area contributed by atoms with Gasteiger partial charge in [-0.1, -0.05) is 49.2 Å². The molecule has 2 unspecified atom stereocenters. The number of carbonyl (C=O) groups excluding carboxylic acids is 1. The number of sulfonamides is 1. The van der Waals surface area contributed by atoms with E-state index in [1.165, 1.54) is 35.5 Å². The molecular weight excluding hydrogens is 536 g/mol. The molecule has 1 aromatic carbocycles. The number of thiazole rings is 1. The SMILES string of the molecule is COc1ccc2nc(NC(=O)C(CC3CCCC3)c3ccc(S(=O)(=O)N(C)C(C)c4ncc[nH]4)cc3)sc2n1. The van der Waals surface area contributed by atoms with E-state index in [0.29, 0.717) is 39.5 Å². The molecule has 1 aliphatic carbocycles. The maximum absolute atomic E-state index is 13.6. The van der Waals surface area contributed by atoms with Crippen molar-refractivity contribution in [2.24, 2.45) is 5.92 Å². The Morgan fingerprint density at radius 1 is 1.18 bits per heavy atom. The van der Waals surface area contributed by atoms with Gasteiger partial charge in [0.15, 0.2) is 5.13 Å². The van der Waals surface area contributed by atoms with Crippen molar-refractivity contribution in [1.29, 1.82) is 0 Å². The van der Waals surface area contributed by atoms with Crippen LogP contribution in [0.3, 0.4) is 0 Å². The minimum Gasteiger partial charge on any atom is -0.481 e. The molecule has 4 aromatic rings. The molecule has 39 heavy (non-hydrogen) atoms. The van der Waals surface area contributed by atoms with Crippen molar-refractivity contribution >= 4 is 42.7 Å². The van der Waals surface area contributed by atoms with Crippen LogP contribution in [-0.2, 0) is 14.8 Å². The van der Waals surface area contributed by atoms with Gasteiger partial charge in [-0.3, -0.25) is 4.79 Å². The number of carbonyl (C=O) groups is 1. The van der Waals surface area contributed by atoms with Crippen LogP contribution < -0.4 is 10.1 Å². The number of pyridine rings is 1. The third kappa shape index (κ3) is 5.82. The Hall–Kier alpha value is -3.35. The molecule has 0 saturated heterocycles. The van der Waals surface area contributed by atoms with Crippen LogP contribution in [0.4, 0.5) is 5.13 Å². The lowest BCUT2D eigenvalue weighted by Crippen LogP contribution is -2.30. The Morgan fingerprint density at radius 2 is 1.92 bits per heavy atom. The first kappa shape index (κ1) is 27.2. The zero-order valence-electron chi connectivity index (χ0n) is 22.1. The van der Waals surface area contributed by atoms with Crippen LogP contribution in [0.15, 0.2) is 53.7 Å². The molecule has 0 spiro atoms. The molecule has 0 bridgehead atoms. The highest BCUT2D eigenvalue weighted by molar-refractivity contribution is 7.89. The van der Waals surface area contributed by atoms with E-state index in [0.717, 1.165) is 18.4 Å². The van der Waals surface area contributed by atoms with Crippen LogP contribution >= 0.6 is 11.3 Å². The van der Waals surface area contributed by atoms with E-state index in [-0.39, 0.29) is 10.8 Å². The Morgan fingerprint density at radius 3 is 2.59 bits per heavy atom. The fourth-order valence-electron chi connectivity index (χ4n) is 5.06. The molecule has 0 aliphatic heterocycles. The first-order chi connectivity index (χ1) is 18.8. The van der Waals surface area contributed by atoms with E-state index < -0.39 is 22.0 Å². The number of benzene rings is 1. The minimum atomic E-state index is -3.77. The van der Waals surface area contributed by atoms with Crippen molar-refractivity contribution < 1.29 is 17.9 Å². The fraction of sp³-hybridized carbons (Fsp3) is 0.407.